The third-order valence-corrected chi connectivity index (χ3v) is 10.4. The molecule has 2 aliphatic rings. The average Bonchev–Trinajstić information content (AvgIpc) is 3.19. The van der Waals surface area contributed by atoms with Gasteiger partial charge in [-0.05, 0) is 31.0 Å². The highest BCUT2D eigenvalue weighted by molar-refractivity contribution is 7.92. The van der Waals surface area contributed by atoms with E-state index in [1.54, 1.807) is 0 Å². The van der Waals surface area contributed by atoms with Crippen LogP contribution in [0.3, 0.4) is 0 Å². The molecule has 2 heterocycles. The minimum atomic E-state index is -4.29. The molecule has 2 fully saturated rings. The number of carbonyl (C=O) groups excluding carboxylic acids is 1. The molecule has 0 aromatic heterocycles. The number of amides is 1. The largest absolute Gasteiger partial charge is 0.495 e. The Balaban J connectivity index is 2.00. The first-order chi connectivity index (χ1) is 14.3. The van der Waals surface area contributed by atoms with Crippen molar-refractivity contribution in [1.82, 2.24) is 9.84 Å². The molecule has 11 nitrogen and oxygen atoms in total. The van der Waals surface area contributed by atoms with E-state index in [0.29, 0.717) is 0 Å². The van der Waals surface area contributed by atoms with Crippen molar-refractivity contribution in [2.75, 3.05) is 35.4 Å². The van der Waals surface area contributed by atoms with Crippen molar-refractivity contribution >= 4 is 41.3 Å². The molecule has 31 heavy (non-hydrogen) atoms. The summed E-state index contributed by atoms with van der Waals surface area (Å²) in [5.74, 6) is -1.02. The first-order valence-electron chi connectivity index (χ1n) is 9.50. The molecule has 14 heteroatoms. The van der Waals surface area contributed by atoms with E-state index in [1.807, 2.05) is 0 Å². The maximum atomic E-state index is 13.5. The fourth-order valence-corrected chi connectivity index (χ4v) is 8.71. The Morgan fingerprint density at radius 1 is 1.10 bits per heavy atom. The number of hydrogen-bond donors (Lipinski definition) is 2. The number of benzene rings is 1. The van der Waals surface area contributed by atoms with Crippen LogP contribution in [0, 0.1) is 0 Å². The third-order valence-electron chi connectivity index (χ3n) is 5.12. The molecule has 174 valence electrons. The lowest BCUT2D eigenvalue weighted by Gasteiger charge is -2.30. The van der Waals surface area contributed by atoms with Gasteiger partial charge in [-0.3, -0.25) is 4.79 Å². The van der Waals surface area contributed by atoms with Gasteiger partial charge in [-0.15, -0.1) is 4.41 Å². The highest BCUT2D eigenvalue weighted by Crippen LogP contribution is 2.31. The third kappa shape index (κ3) is 5.55. The van der Waals surface area contributed by atoms with Crippen LogP contribution in [-0.2, 0) is 34.5 Å². The van der Waals surface area contributed by atoms with Gasteiger partial charge < -0.3 is 10.1 Å². The highest BCUT2D eigenvalue weighted by Gasteiger charge is 2.41. The predicted octanol–water partition coefficient (Wildman–Crippen LogP) is -0.477. The average molecular weight is 496 g/mol. The number of hydrazine groups is 1. The van der Waals surface area contributed by atoms with Crippen molar-refractivity contribution in [3.05, 3.63) is 18.2 Å². The van der Waals surface area contributed by atoms with E-state index in [9.17, 15) is 30.0 Å². The number of methoxy groups -OCH3 is 1. The van der Waals surface area contributed by atoms with Gasteiger partial charge in [0.2, 0.25) is 5.91 Å². The fraction of sp³-hybridized carbons (Fsp3) is 0.588. The fourth-order valence-electron chi connectivity index (χ4n) is 3.66. The van der Waals surface area contributed by atoms with Crippen LogP contribution >= 0.6 is 0 Å². The second-order valence-corrected chi connectivity index (χ2v) is 13.9. The van der Waals surface area contributed by atoms with E-state index in [1.165, 1.54) is 32.2 Å². The molecule has 0 bridgehead atoms. The summed E-state index contributed by atoms with van der Waals surface area (Å²) in [4.78, 5) is 11.3. The van der Waals surface area contributed by atoms with Crippen molar-refractivity contribution < 1.29 is 34.8 Å². The van der Waals surface area contributed by atoms with Gasteiger partial charge in [-0.2, -0.15) is 0 Å². The van der Waals surface area contributed by atoms with Crippen LogP contribution in [0.5, 0.6) is 5.75 Å². The zero-order valence-electron chi connectivity index (χ0n) is 17.1. The SMILES string of the molecule is COc1ccc(S(=O)(=O)N(N[C@@H]2CCS(=O)(=O)C2)[C@@H]2CCS(=O)(=O)C2)cc1NC(C)=O. The Hall–Kier alpha value is -1.74. The summed E-state index contributed by atoms with van der Waals surface area (Å²) in [6, 6.07) is 2.34. The van der Waals surface area contributed by atoms with Crippen LogP contribution in [0.25, 0.3) is 0 Å². The monoisotopic (exact) mass is 495 g/mol. The first kappa shape index (κ1) is 23.9. The summed E-state index contributed by atoms with van der Waals surface area (Å²) in [5.41, 5.74) is 2.90. The smallest absolute Gasteiger partial charge is 0.256 e. The minimum Gasteiger partial charge on any atom is -0.495 e. The van der Waals surface area contributed by atoms with E-state index in [4.69, 9.17) is 4.74 Å². The molecule has 2 saturated heterocycles. The number of anilines is 1. The number of hydrogen-bond acceptors (Lipinski definition) is 9. The van der Waals surface area contributed by atoms with Crippen molar-refractivity contribution in [2.45, 2.75) is 36.7 Å². The molecule has 1 aromatic carbocycles. The Labute approximate surface area is 182 Å². The van der Waals surface area contributed by atoms with Crippen molar-refractivity contribution in [3.63, 3.8) is 0 Å². The Bertz CT molecular complexity index is 1180. The summed E-state index contributed by atoms with van der Waals surface area (Å²) >= 11 is 0. The van der Waals surface area contributed by atoms with Gasteiger partial charge in [0.25, 0.3) is 10.0 Å². The van der Waals surface area contributed by atoms with Gasteiger partial charge in [0.1, 0.15) is 5.75 Å². The number of sulfone groups is 2. The molecular weight excluding hydrogens is 470 g/mol. The Morgan fingerprint density at radius 3 is 2.26 bits per heavy atom. The molecule has 0 aliphatic carbocycles. The van der Waals surface area contributed by atoms with Crippen molar-refractivity contribution in [3.8, 4) is 5.75 Å². The van der Waals surface area contributed by atoms with Crippen LogP contribution < -0.4 is 15.5 Å². The lowest BCUT2D eigenvalue weighted by Crippen LogP contribution is -2.54. The Morgan fingerprint density at radius 2 is 1.74 bits per heavy atom. The summed E-state index contributed by atoms with van der Waals surface area (Å²) in [6.07, 6.45) is 0.302. The molecule has 2 atom stereocenters. The number of ether oxygens (including phenoxy) is 1. The van der Waals surface area contributed by atoms with E-state index >= 15 is 0 Å². The van der Waals surface area contributed by atoms with Gasteiger partial charge in [-0.1, -0.05) is 0 Å². The van der Waals surface area contributed by atoms with Crippen LogP contribution in [0.15, 0.2) is 23.1 Å². The van der Waals surface area contributed by atoms with Gasteiger partial charge in [-0.25, -0.2) is 30.7 Å². The Kier molecular flexibility index (Phi) is 6.68. The highest BCUT2D eigenvalue weighted by atomic mass is 32.2. The zero-order chi connectivity index (χ0) is 23.0. The molecule has 2 N–H and O–H groups in total. The minimum absolute atomic E-state index is 0.0727. The quantitative estimate of drug-likeness (QED) is 0.477. The maximum Gasteiger partial charge on any atom is 0.256 e. The molecular formula is C17H25N3O8S3. The lowest BCUT2D eigenvalue weighted by atomic mass is 10.2. The van der Waals surface area contributed by atoms with E-state index in [0.717, 1.165) is 4.41 Å². The molecule has 0 saturated carbocycles. The van der Waals surface area contributed by atoms with Crippen LogP contribution in [0.4, 0.5) is 5.69 Å². The van der Waals surface area contributed by atoms with Gasteiger partial charge in [0, 0.05) is 13.0 Å². The molecule has 2 aliphatic heterocycles. The molecule has 3 rings (SSSR count). The number of carbonyl (C=O) groups is 1. The summed E-state index contributed by atoms with van der Waals surface area (Å²) in [6.45, 7) is 1.26. The van der Waals surface area contributed by atoms with Crippen LogP contribution in [-0.4, -0.2) is 77.8 Å². The van der Waals surface area contributed by atoms with Crippen LogP contribution in [0.2, 0.25) is 0 Å². The van der Waals surface area contributed by atoms with Crippen LogP contribution in [0.1, 0.15) is 19.8 Å². The summed E-state index contributed by atoms with van der Waals surface area (Å²) < 4.78 is 80.6. The number of nitrogens with one attached hydrogen (secondary N) is 2. The van der Waals surface area contributed by atoms with Gasteiger partial charge in [0.05, 0.1) is 46.7 Å². The molecule has 1 aromatic rings. The van der Waals surface area contributed by atoms with Crippen molar-refractivity contribution in [1.29, 1.82) is 0 Å². The molecule has 0 unspecified atom stereocenters. The second kappa shape index (κ2) is 8.65. The first-order valence-corrected chi connectivity index (χ1v) is 14.6. The lowest BCUT2D eigenvalue weighted by molar-refractivity contribution is -0.114. The molecule has 0 radical (unpaired) electrons. The topological polar surface area (TPSA) is 156 Å². The molecule has 0 spiro atoms. The van der Waals surface area contributed by atoms with Gasteiger partial charge >= 0.3 is 0 Å². The molecule has 1 amide bonds. The zero-order valence-corrected chi connectivity index (χ0v) is 19.5. The predicted molar refractivity (Wildman–Crippen MR) is 114 cm³/mol. The van der Waals surface area contributed by atoms with E-state index in [2.05, 4.69) is 10.7 Å². The summed E-state index contributed by atoms with van der Waals surface area (Å²) in [5, 5.41) is 2.50. The van der Waals surface area contributed by atoms with Crippen molar-refractivity contribution in [2.24, 2.45) is 0 Å². The number of nitrogens with zero attached hydrogens (tertiary/aromatic N) is 1. The van der Waals surface area contributed by atoms with E-state index < -0.39 is 47.7 Å². The number of rotatable bonds is 7. The second-order valence-electron chi connectivity index (χ2n) is 7.63. The van der Waals surface area contributed by atoms with Gasteiger partial charge in [0.15, 0.2) is 19.7 Å². The standard InChI is InChI=1S/C17H25N3O8S3/c1-12(21)18-16-9-15(3-4-17(16)28-2)31(26,27)20(14-6-8-30(24,25)11-14)19-13-5-7-29(22,23)10-13/h3-4,9,13-14,19H,5-8,10-11H2,1-2H3,(H,18,21)/t13-,14-/m1/s1. The normalized spacial score (nSPS) is 24.9. The van der Waals surface area contributed by atoms with E-state index in [-0.39, 0.29) is 52.2 Å². The maximum absolute atomic E-state index is 13.5. The number of sulfonamides is 1. The summed E-state index contributed by atoms with van der Waals surface area (Å²) in [7, 11) is -9.63.